The lowest BCUT2D eigenvalue weighted by Gasteiger charge is -2.18. The molecule has 0 saturated heterocycles. The van der Waals surface area contributed by atoms with E-state index in [1.54, 1.807) is 21.0 Å². The van der Waals surface area contributed by atoms with Gasteiger partial charge < -0.3 is 31.9 Å². The van der Waals surface area contributed by atoms with E-state index in [9.17, 15) is 28.2 Å². The van der Waals surface area contributed by atoms with Gasteiger partial charge in [-0.1, -0.05) is 6.07 Å². The van der Waals surface area contributed by atoms with Crippen LogP contribution in [0.3, 0.4) is 0 Å². The summed E-state index contributed by atoms with van der Waals surface area (Å²) in [5.74, 6) is -2.55. The van der Waals surface area contributed by atoms with E-state index in [1.807, 2.05) is 0 Å². The zero-order valence-electron chi connectivity index (χ0n) is 22.9. The van der Waals surface area contributed by atoms with Gasteiger partial charge in [-0.2, -0.15) is 9.98 Å². The molecule has 0 spiro atoms. The van der Waals surface area contributed by atoms with Crippen molar-refractivity contribution in [2.45, 2.75) is 13.0 Å². The average molecular weight is 586 g/mol. The number of rotatable bonds is 6. The molecule has 0 aliphatic carbocycles. The number of benzene rings is 2. The number of aliphatic hydroxyl groups is 2. The molecular formula is C27H30F3N9O3. The number of aliphatic imine (C=N–C) groups is 1. The number of nitrogens with one attached hydrogen (secondary N) is 2. The Morgan fingerprint density at radius 2 is 1.71 bits per heavy atom. The summed E-state index contributed by atoms with van der Waals surface area (Å²) in [6.07, 6.45) is 0. The van der Waals surface area contributed by atoms with E-state index in [-0.39, 0.29) is 34.6 Å². The highest BCUT2D eigenvalue weighted by molar-refractivity contribution is 5.93. The first kappa shape index (κ1) is 31.5. The van der Waals surface area contributed by atoms with Gasteiger partial charge in [-0.05, 0) is 48.9 Å². The lowest BCUT2D eigenvalue weighted by molar-refractivity contribution is 0.203. The van der Waals surface area contributed by atoms with E-state index in [4.69, 9.17) is 16.9 Å². The van der Waals surface area contributed by atoms with Crippen molar-refractivity contribution in [2.24, 2.45) is 16.5 Å². The van der Waals surface area contributed by atoms with Crippen LogP contribution < -0.4 is 22.3 Å². The molecule has 15 heteroatoms. The molecule has 0 bridgehead atoms. The largest absolute Gasteiger partial charge is 0.394 e. The molecule has 0 atom stereocenters. The van der Waals surface area contributed by atoms with Crippen LogP contribution in [0.15, 0.2) is 58.3 Å². The maximum atomic E-state index is 14.6. The molecule has 0 saturated carbocycles. The Hall–Kier alpha value is -5.02. The Morgan fingerprint density at radius 1 is 1.07 bits per heavy atom. The number of aryl methyl sites for hydroxylation is 1. The molecule has 12 nitrogen and oxygen atoms in total. The van der Waals surface area contributed by atoms with Crippen LogP contribution in [-0.2, 0) is 0 Å². The number of guanidine groups is 2. The number of nitrogens with two attached hydrogens (primary N) is 2. The maximum absolute atomic E-state index is 14.6. The summed E-state index contributed by atoms with van der Waals surface area (Å²) in [7, 11) is 3.38. The van der Waals surface area contributed by atoms with Gasteiger partial charge in [-0.25, -0.2) is 18.2 Å². The van der Waals surface area contributed by atoms with Crippen molar-refractivity contribution in [1.82, 2.24) is 19.4 Å². The molecule has 2 aromatic heterocycles. The van der Waals surface area contributed by atoms with Gasteiger partial charge in [0.1, 0.15) is 23.1 Å². The average Bonchev–Trinajstić information content (AvgIpc) is 2.92. The number of anilines is 1. The topological polar surface area (TPSA) is 192 Å². The molecule has 0 radical (unpaired) electrons. The highest BCUT2D eigenvalue weighted by Crippen LogP contribution is 2.31. The summed E-state index contributed by atoms with van der Waals surface area (Å²) >= 11 is 0. The van der Waals surface area contributed by atoms with Crippen molar-refractivity contribution >= 4 is 28.9 Å². The van der Waals surface area contributed by atoms with Crippen molar-refractivity contribution in [3.05, 3.63) is 81.9 Å². The second-order valence-corrected chi connectivity index (χ2v) is 9.13. The van der Waals surface area contributed by atoms with Crippen molar-refractivity contribution in [3.8, 4) is 16.9 Å². The van der Waals surface area contributed by atoms with Crippen molar-refractivity contribution in [2.75, 3.05) is 32.6 Å². The van der Waals surface area contributed by atoms with Crippen LogP contribution in [0, 0.1) is 29.8 Å². The van der Waals surface area contributed by atoms with Gasteiger partial charge in [0.25, 0.3) is 5.56 Å². The Labute approximate surface area is 238 Å². The van der Waals surface area contributed by atoms with Crippen LogP contribution in [0.2, 0.25) is 0 Å². The molecular weight excluding hydrogens is 555 g/mol. The van der Waals surface area contributed by atoms with Gasteiger partial charge in [-0.3, -0.25) is 14.8 Å². The molecule has 0 fully saturated rings. The number of hydrogen-bond donors (Lipinski definition) is 6. The number of para-hydroxylation sites is 1. The SMILES string of the molecule is CN(C)C(=N)N=C(N)N.Cc1cc(F)ccc1-c1nc(NC(CO)CO)nc2c1ccc(=O)n2-c1c(F)cccc1F. The van der Waals surface area contributed by atoms with E-state index < -0.39 is 48.0 Å². The molecule has 42 heavy (non-hydrogen) atoms. The number of halogens is 3. The molecule has 2 aromatic carbocycles. The summed E-state index contributed by atoms with van der Waals surface area (Å²) in [5.41, 5.74) is 9.81. The maximum Gasteiger partial charge on any atom is 0.256 e. The number of fused-ring (bicyclic) bond motifs is 1. The summed E-state index contributed by atoms with van der Waals surface area (Å²) in [6.45, 7) is 0.759. The molecule has 4 aromatic rings. The molecule has 0 aliphatic heterocycles. The monoisotopic (exact) mass is 585 g/mol. The predicted molar refractivity (Wildman–Crippen MR) is 154 cm³/mol. The fraction of sp³-hybridized carbons (Fsp3) is 0.222. The molecule has 2 heterocycles. The number of nitrogens with zero attached hydrogens (tertiary/aromatic N) is 5. The summed E-state index contributed by atoms with van der Waals surface area (Å²) in [5, 5.41) is 28.9. The van der Waals surface area contributed by atoms with Crippen molar-refractivity contribution in [1.29, 1.82) is 5.41 Å². The highest BCUT2D eigenvalue weighted by atomic mass is 19.1. The minimum Gasteiger partial charge on any atom is -0.394 e. The smallest absolute Gasteiger partial charge is 0.256 e. The number of aromatic nitrogens is 3. The molecule has 0 amide bonds. The van der Waals surface area contributed by atoms with E-state index >= 15 is 0 Å². The third kappa shape index (κ3) is 7.18. The Balaban J connectivity index is 0.000000467. The Morgan fingerprint density at radius 3 is 2.24 bits per heavy atom. The first-order valence-electron chi connectivity index (χ1n) is 12.4. The van der Waals surface area contributed by atoms with Crippen molar-refractivity contribution < 1.29 is 23.4 Å². The van der Waals surface area contributed by atoms with Crippen LogP contribution >= 0.6 is 0 Å². The van der Waals surface area contributed by atoms with Crippen molar-refractivity contribution in [3.63, 3.8) is 0 Å². The number of pyridine rings is 1. The van der Waals surface area contributed by atoms with E-state index in [1.165, 1.54) is 35.2 Å². The molecule has 0 unspecified atom stereocenters. The lowest BCUT2D eigenvalue weighted by Crippen LogP contribution is -2.29. The van der Waals surface area contributed by atoms with Crippen LogP contribution in [0.1, 0.15) is 5.56 Å². The molecule has 0 aliphatic rings. The normalized spacial score (nSPS) is 10.7. The van der Waals surface area contributed by atoms with E-state index in [0.29, 0.717) is 11.1 Å². The van der Waals surface area contributed by atoms with Crippen LogP contribution in [0.5, 0.6) is 0 Å². The molecule has 222 valence electrons. The van der Waals surface area contributed by atoms with Crippen LogP contribution in [0.4, 0.5) is 19.1 Å². The van der Waals surface area contributed by atoms with Gasteiger partial charge in [-0.15, -0.1) is 0 Å². The minimum atomic E-state index is -0.971. The summed E-state index contributed by atoms with van der Waals surface area (Å²) < 4.78 is 43.8. The quantitative estimate of drug-likeness (QED) is 0.144. The van der Waals surface area contributed by atoms with Crippen LogP contribution in [0.25, 0.3) is 28.0 Å². The van der Waals surface area contributed by atoms with Crippen LogP contribution in [-0.4, -0.2) is 74.9 Å². The Bertz CT molecular complexity index is 1670. The molecule has 8 N–H and O–H groups in total. The first-order chi connectivity index (χ1) is 19.9. The second-order valence-electron chi connectivity index (χ2n) is 9.13. The number of aliphatic hydroxyl groups excluding tert-OH is 2. The van der Waals surface area contributed by atoms with E-state index in [2.05, 4.69) is 20.3 Å². The Kier molecular flexibility index (Phi) is 10.2. The fourth-order valence-electron chi connectivity index (χ4n) is 3.75. The number of hydrogen-bond acceptors (Lipinski definition) is 7. The van der Waals surface area contributed by atoms with Gasteiger partial charge in [0.05, 0.1) is 24.9 Å². The lowest BCUT2D eigenvalue weighted by atomic mass is 10.0. The standard InChI is InChI=1S/C23H19F3N4O3.C4H11N5/c1-12-9-13(24)5-6-15(12)20-16-7-8-19(33)30(21-17(25)3-2-4-18(21)26)22(16)29-23(28-20)27-14(10-31)11-32;1-9(2)4(7)8-3(5)6/h2-9,14,31-32H,10-11H2,1H3,(H,27,28,29);1-2H3,(H5,5,6,7,8). The van der Waals surface area contributed by atoms with Gasteiger partial charge in [0.2, 0.25) is 11.9 Å². The molecule has 4 rings (SSSR count). The van der Waals surface area contributed by atoms with E-state index in [0.717, 1.165) is 22.8 Å². The zero-order valence-corrected chi connectivity index (χ0v) is 22.9. The zero-order chi connectivity index (χ0) is 31.1. The van der Waals surface area contributed by atoms with Gasteiger partial charge in [0, 0.05) is 31.1 Å². The highest BCUT2D eigenvalue weighted by Gasteiger charge is 2.21. The first-order valence-corrected chi connectivity index (χ1v) is 12.4. The third-order valence-electron chi connectivity index (χ3n) is 5.79. The minimum absolute atomic E-state index is 0.0509. The summed E-state index contributed by atoms with van der Waals surface area (Å²) in [6, 6.07) is 8.96. The third-order valence-corrected chi connectivity index (χ3v) is 5.79. The fourth-order valence-corrected chi connectivity index (χ4v) is 3.75. The van der Waals surface area contributed by atoms with Gasteiger partial charge in [0.15, 0.2) is 11.6 Å². The predicted octanol–water partition coefficient (Wildman–Crippen LogP) is 1.69. The second kappa shape index (κ2) is 13.6. The van der Waals surface area contributed by atoms with Gasteiger partial charge >= 0.3 is 0 Å². The summed E-state index contributed by atoms with van der Waals surface area (Å²) in [4.78, 5) is 26.4.